The Labute approximate surface area is 92.5 Å². The monoisotopic (exact) mass is 221 g/mol. The lowest BCUT2D eigenvalue weighted by Crippen LogP contribution is -2.18. The maximum atomic E-state index is 13.0. The summed E-state index contributed by atoms with van der Waals surface area (Å²) in [6, 6.07) is 6.53. The second-order valence-electron chi connectivity index (χ2n) is 3.51. The smallest absolute Gasteiger partial charge is 0.213 e. The topological polar surface area (TPSA) is 51.0 Å². The summed E-state index contributed by atoms with van der Waals surface area (Å²) in [5.41, 5.74) is 0.892. The Morgan fingerprint density at radius 3 is 3.06 bits per heavy atom. The lowest BCUT2D eigenvalue weighted by atomic mass is 10.1. The van der Waals surface area contributed by atoms with Gasteiger partial charge in [-0.2, -0.15) is 4.98 Å². The molecule has 0 radical (unpaired) electrons. The van der Waals surface area contributed by atoms with E-state index in [-0.39, 0.29) is 11.9 Å². The van der Waals surface area contributed by atoms with Crippen molar-refractivity contribution in [2.45, 2.75) is 19.5 Å². The van der Waals surface area contributed by atoms with E-state index in [4.69, 9.17) is 0 Å². The molecule has 0 aliphatic heterocycles. The van der Waals surface area contributed by atoms with Gasteiger partial charge in [-0.1, -0.05) is 17.3 Å². The summed E-state index contributed by atoms with van der Waals surface area (Å²) < 4.78 is 17.6. The minimum absolute atomic E-state index is 0.0363. The Kier molecular flexibility index (Phi) is 3.26. The molecule has 0 fully saturated rings. The van der Waals surface area contributed by atoms with Gasteiger partial charge >= 0.3 is 0 Å². The molecule has 0 spiro atoms. The van der Waals surface area contributed by atoms with Gasteiger partial charge in [0, 0.05) is 6.04 Å². The lowest BCUT2D eigenvalue weighted by molar-refractivity contribution is 0.405. The minimum atomic E-state index is -0.231. The van der Waals surface area contributed by atoms with Crippen molar-refractivity contribution >= 4 is 0 Å². The highest BCUT2D eigenvalue weighted by molar-refractivity contribution is 5.19. The molecular formula is C11H12FN3O. The number of nitrogens with zero attached hydrogens (tertiary/aromatic N) is 2. The van der Waals surface area contributed by atoms with Gasteiger partial charge < -0.3 is 9.84 Å². The fraction of sp³-hybridized carbons (Fsp3) is 0.273. The van der Waals surface area contributed by atoms with E-state index in [0.29, 0.717) is 12.4 Å². The fourth-order valence-electron chi connectivity index (χ4n) is 1.41. The van der Waals surface area contributed by atoms with Crippen molar-refractivity contribution in [3.63, 3.8) is 0 Å². The van der Waals surface area contributed by atoms with Crippen LogP contribution in [0.2, 0.25) is 0 Å². The molecule has 2 rings (SSSR count). The van der Waals surface area contributed by atoms with Crippen LogP contribution < -0.4 is 5.32 Å². The SMILES string of the molecule is CC(NCc1ncon1)c1cccc(F)c1. The van der Waals surface area contributed by atoms with Crippen LogP contribution in [0.5, 0.6) is 0 Å². The first kappa shape index (κ1) is 10.8. The maximum absolute atomic E-state index is 13.0. The van der Waals surface area contributed by atoms with Gasteiger partial charge in [0.1, 0.15) is 5.82 Å². The van der Waals surface area contributed by atoms with E-state index in [2.05, 4.69) is 20.0 Å². The third-order valence-electron chi connectivity index (χ3n) is 2.32. The molecule has 1 atom stereocenters. The number of aromatic nitrogens is 2. The molecular weight excluding hydrogens is 209 g/mol. The standard InChI is InChI=1S/C11H12FN3O/c1-8(9-3-2-4-10(12)5-9)13-6-11-14-7-16-15-11/h2-5,7-8,13H,6H2,1H3. The zero-order valence-electron chi connectivity index (χ0n) is 8.85. The average molecular weight is 221 g/mol. The zero-order valence-corrected chi connectivity index (χ0v) is 8.85. The van der Waals surface area contributed by atoms with Gasteiger partial charge in [-0.05, 0) is 24.6 Å². The molecule has 0 amide bonds. The van der Waals surface area contributed by atoms with Crippen molar-refractivity contribution in [3.8, 4) is 0 Å². The molecule has 84 valence electrons. The summed E-state index contributed by atoms with van der Waals surface area (Å²) in [6.45, 7) is 2.45. The Balaban J connectivity index is 1.95. The Morgan fingerprint density at radius 1 is 1.50 bits per heavy atom. The van der Waals surface area contributed by atoms with Crippen molar-refractivity contribution in [1.29, 1.82) is 0 Å². The van der Waals surface area contributed by atoms with Crippen molar-refractivity contribution in [2.75, 3.05) is 0 Å². The van der Waals surface area contributed by atoms with Crippen LogP contribution >= 0.6 is 0 Å². The third-order valence-corrected chi connectivity index (χ3v) is 2.32. The normalized spacial score (nSPS) is 12.6. The van der Waals surface area contributed by atoms with Gasteiger partial charge in [-0.25, -0.2) is 4.39 Å². The maximum Gasteiger partial charge on any atom is 0.213 e. The van der Waals surface area contributed by atoms with E-state index in [1.165, 1.54) is 18.5 Å². The molecule has 1 unspecified atom stereocenters. The summed E-state index contributed by atoms with van der Waals surface area (Å²) in [5.74, 6) is 0.356. The molecule has 0 aliphatic carbocycles. The van der Waals surface area contributed by atoms with Crippen molar-refractivity contribution in [3.05, 3.63) is 47.9 Å². The highest BCUT2D eigenvalue weighted by atomic mass is 19.1. The molecule has 4 nitrogen and oxygen atoms in total. The number of hydrogen-bond acceptors (Lipinski definition) is 4. The number of benzene rings is 1. The average Bonchev–Trinajstić information content (AvgIpc) is 2.78. The molecule has 5 heteroatoms. The second-order valence-corrected chi connectivity index (χ2v) is 3.51. The van der Waals surface area contributed by atoms with Crippen molar-refractivity contribution in [1.82, 2.24) is 15.5 Å². The fourth-order valence-corrected chi connectivity index (χ4v) is 1.41. The van der Waals surface area contributed by atoms with Gasteiger partial charge in [-0.3, -0.25) is 0 Å². The van der Waals surface area contributed by atoms with Gasteiger partial charge in [0.2, 0.25) is 6.39 Å². The molecule has 2 aromatic rings. The Bertz CT molecular complexity index is 444. The summed E-state index contributed by atoms with van der Waals surface area (Å²) in [5, 5.41) is 6.85. The van der Waals surface area contributed by atoms with Crippen LogP contribution in [0, 0.1) is 5.82 Å². The van der Waals surface area contributed by atoms with E-state index in [1.54, 1.807) is 6.07 Å². The highest BCUT2D eigenvalue weighted by Crippen LogP contribution is 2.13. The van der Waals surface area contributed by atoms with Crippen LogP contribution in [0.4, 0.5) is 4.39 Å². The number of halogens is 1. The Morgan fingerprint density at radius 2 is 2.38 bits per heavy atom. The van der Waals surface area contributed by atoms with E-state index in [1.807, 2.05) is 13.0 Å². The quantitative estimate of drug-likeness (QED) is 0.858. The van der Waals surface area contributed by atoms with Gasteiger partial charge in [0.15, 0.2) is 5.82 Å². The number of hydrogen-bond donors (Lipinski definition) is 1. The summed E-state index contributed by atoms with van der Waals surface area (Å²) in [4.78, 5) is 3.89. The van der Waals surface area contributed by atoms with Crippen LogP contribution in [0.3, 0.4) is 0 Å². The van der Waals surface area contributed by atoms with Crippen LogP contribution in [-0.2, 0) is 6.54 Å². The highest BCUT2D eigenvalue weighted by Gasteiger charge is 2.07. The minimum Gasteiger partial charge on any atom is -0.343 e. The van der Waals surface area contributed by atoms with Crippen molar-refractivity contribution < 1.29 is 8.91 Å². The molecule has 0 bridgehead atoms. The van der Waals surface area contributed by atoms with E-state index < -0.39 is 0 Å². The van der Waals surface area contributed by atoms with E-state index in [9.17, 15) is 4.39 Å². The van der Waals surface area contributed by atoms with Gasteiger partial charge in [0.05, 0.1) is 6.54 Å². The van der Waals surface area contributed by atoms with Crippen LogP contribution in [-0.4, -0.2) is 10.1 Å². The molecule has 1 aromatic heterocycles. The van der Waals surface area contributed by atoms with Gasteiger partial charge in [-0.15, -0.1) is 0 Å². The van der Waals surface area contributed by atoms with E-state index >= 15 is 0 Å². The summed E-state index contributed by atoms with van der Waals surface area (Å²) in [6.07, 6.45) is 1.28. The van der Waals surface area contributed by atoms with Crippen LogP contribution in [0.1, 0.15) is 24.4 Å². The molecule has 1 aromatic carbocycles. The number of rotatable bonds is 4. The Hall–Kier alpha value is -1.75. The molecule has 0 aliphatic rings. The van der Waals surface area contributed by atoms with E-state index in [0.717, 1.165) is 5.56 Å². The summed E-state index contributed by atoms with van der Waals surface area (Å²) >= 11 is 0. The first-order chi connectivity index (χ1) is 7.75. The summed E-state index contributed by atoms with van der Waals surface area (Å²) in [7, 11) is 0. The molecule has 1 heterocycles. The first-order valence-electron chi connectivity index (χ1n) is 5.00. The predicted octanol–water partition coefficient (Wildman–Crippen LogP) is 2.06. The number of nitrogens with one attached hydrogen (secondary N) is 1. The van der Waals surface area contributed by atoms with Gasteiger partial charge in [0.25, 0.3) is 0 Å². The van der Waals surface area contributed by atoms with Crippen molar-refractivity contribution in [2.24, 2.45) is 0 Å². The predicted molar refractivity (Wildman–Crippen MR) is 56.0 cm³/mol. The largest absolute Gasteiger partial charge is 0.343 e. The molecule has 0 saturated carbocycles. The first-order valence-corrected chi connectivity index (χ1v) is 5.00. The third kappa shape index (κ3) is 2.64. The second kappa shape index (κ2) is 4.85. The molecule has 1 N–H and O–H groups in total. The molecule has 16 heavy (non-hydrogen) atoms. The van der Waals surface area contributed by atoms with Crippen LogP contribution in [0.15, 0.2) is 35.2 Å². The van der Waals surface area contributed by atoms with Crippen LogP contribution in [0.25, 0.3) is 0 Å². The molecule has 0 saturated heterocycles. The zero-order chi connectivity index (χ0) is 11.4. The lowest BCUT2D eigenvalue weighted by Gasteiger charge is -2.12.